The molecule has 2 rings (SSSR count). The van der Waals surface area contributed by atoms with E-state index >= 15 is 0 Å². The second-order valence-electron chi connectivity index (χ2n) is 4.66. The molecular weight excluding hydrogens is 282 g/mol. The Morgan fingerprint density at radius 3 is 2.62 bits per heavy atom. The Morgan fingerprint density at radius 2 is 1.95 bits per heavy atom. The molecule has 0 unspecified atom stereocenters. The van der Waals surface area contributed by atoms with Gasteiger partial charge in [-0.3, -0.25) is 4.79 Å². The molecule has 0 atom stereocenters. The zero-order valence-corrected chi connectivity index (χ0v) is 13.1. The Morgan fingerprint density at radius 1 is 1.19 bits per heavy atom. The van der Waals surface area contributed by atoms with Crippen LogP contribution in [0.3, 0.4) is 0 Å². The summed E-state index contributed by atoms with van der Waals surface area (Å²) >= 11 is 1.69. The summed E-state index contributed by atoms with van der Waals surface area (Å²) in [4.78, 5) is 12.8. The fourth-order valence-electron chi connectivity index (χ4n) is 2.04. The maximum Gasteiger partial charge on any atom is 0.252 e. The van der Waals surface area contributed by atoms with E-state index in [0.717, 1.165) is 17.5 Å². The average Bonchev–Trinajstić information content (AvgIpc) is 2.52. The number of hydrogen-bond donors (Lipinski definition) is 1. The lowest BCUT2D eigenvalue weighted by Crippen LogP contribution is -2.13. The van der Waals surface area contributed by atoms with E-state index in [2.05, 4.69) is 12.1 Å². The number of benzene rings is 2. The molecule has 1 amide bonds. The van der Waals surface area contributed by atoms with Gasteiger partial charge in [-0.05, 0) is 48.1 Å². The van der Waals surface area contributed by atoms with Crippen molar-refractivity contribution in [3.05, 3.63) is 48.0 Å². The molecule has 2 aromatic rings. The average molecular weight is 301 g/mol. The largest absolute Gasteiger partial charge is 0.493 e. The van der Waals surface area contributed by atoms with Crippen LogP contribution >= 0.6 is 11.8 Å². The molecule has 0 bridgehead atoms. The summed E-state index contributed by atoms with van der Waals surface area (Å²) in [5.41, 5.74) is 7.92. The van der Waals surface area contributed by atoms with E-state index in [4.69, 9.17) is 10.5 Å². The van der Waals surface area contributed by atoms with Gasteiger partial charge in [0.15, 0.2) is 0 Å². The monoisotopic (exact) mass is 301 g/mol. The van der Waals surface area contributed by atoms with Gasteiger partial charge in [0.05, 0.1) is 12.2 Å². The smallest absolute Gasteiger partial charge is 0.252 e. The van der Waals surface area contributed by atoms with Gasteiger partial charge in [0.25, 0.3) is 5.91 Å². The summed E-state index contributed by atoms with van der Waals surface area (Å²) in [7, 11) is 0. The highest BCUT2D eigenvalue weighted by molar-refractivity contribution is 7.98. The van der Waals surface area contributed by atoms with Crippen LogP contribution in [0.5, 0.6) is 5.75 Å². The van der Waals surface area contributed by atoms with Crippen LogP contribution in [0.4, 0.5) is 0 Å². The predicted octanol–water partition coefficient (Wildman–Crippen LogP) is 3.96. The number of rotatable bonds is 6. The minimum atomic E-state index is -0.469. The van der Waals surface area contributed by atoms with Gasteiger partial charge in [0, 0.05) is 4.90 Å². The van der Waals surface area contributed by atoms with Gasteiger partial charge in [-0.25, -0.2) is 0 Å². The first-order valence-electron chi connectivity index (χ1n) is 6.86. The van der Waals surface area contributed by atoms with Crippen molar-refractivity contribution in [2.45, 2.75) is 18.2 Å². The predicted molar refractivity (Wildman–Crippen MR) is 88.0 cm³/mol. The van der Waals surface area contributed by atoms with E-state index in [9.17, 15) is 4.79 Å². The lowest BCUT2D eigenvalue weighted by molar-refractivity contribution is 0.0996. The standard InChI is InChI=1S/C17H19NO2S/c1-3-9-20-16-8-7-13(11-15(16)17(18)19)12-5-4-6-14(10-12)21-2/h4-8,10-11H,3,9H2,1-2H3,(H2,18,19). The van der Waals surface area contributed by atoms with E-state index < -0.39 is 5.91 Å². The van der Waals surface area contributed by atoms with Crippen molar-refractivity contribution in [2.24, 2.45) is 5.73 Å². The van der Waals surface area contributed by atoms with Gasteiger partial charge in [-0.1, -0.05) is 25.1 Å². The number of nitrogens with two attached hydrogens (primary N) is 1. The Balaban J connectivity index is 2.41. The van der Waals surface area contributed by atoms with Crippen LogP contribution in [0.1, 0.15) is 23.7 Å². The number of thioether (sulfide) groups is 1. The second kappa shape index (κ2) is 7.18. The van der Waals surface area contributed by atoms with Crippen LogP contribution in [0.15, 0.2) is 47.4 Å². The van der Waals surface area contributed by atoms with Crippen molar-refractivity contribution in [1.82, 2.24) is 0 Å². The Kier molecular flexibility index (Phi) is 5.28. The van der Waals surface area contributed by atoms with Crippen molar-refractivity contribution in [3.8, 4) is 16.9 Å². The topological polar surface area (TPSA) is 52.3 Å². The molecule has 3 nitrogen and oxygen atoms in total. The normalized spacial score (nSPS) is 10.4. The number of carbonyl (C=O) groups is 1. The van der Waals surface area contributed by atoms with Crippen LogP contribution < -0.4 is 10.5 Å². The maximum absolute atomic E-state index is 11.6. The molecule has 0 saturated carbocycles. The highest BCUT2D eigenvalue weighted by Crippen LogP contribution is 2.29. The Hall–Kier alpha value is -1.94. The lowest BCUT2D eigenvalue weighted by Gasteiger charge is -2.11. The van der Waals surface area contributed by atoms with Crippen LogP contribution in [-0.2, 0) is 0 Å². The van der Waals surface area contributed by atoms with Crippen LogP contribution in [0.25, 0.3) is 11.1 Å². The van der Waals surface area contributed by atoms with Crippen molar-refractivity contribution in [3.63, 3.8) is 0 Å². The molecule has 0 aliphatic rings. The second-order valence-corrected chi connectivity index (χ2v) is 5.54. The van der Waals surface area contributed by atoms with Gasteiger partial charge in [-0.2, -0.15) is 0 Å². The minimum absolute atomic E-state index is 0.426. The zero-order chi connectivity index (χ0) is 15.2. The summed E-state index contributed by atoms with van der Waals surface area (Å²) in [6.07, 6.45) is 2.92. The molecule has 2 N–H and O–H groups in total. The first-order valence-corrected chi connectivity index (χ1v) is 8.09. The van der Waals surface area contributed by atoms with Crippen molar-refractivity contribution >= 4 is 17.7 Å². The summed E-state index contributed by atoms with van der Waals surface area (Å²) in [6.45, 7) is 2.59. The van der Waals surface area contributed by atoms with E-state index in [0.29, 0.717) is 17.9 Å². The Bertz CT molecular complexity index is 640. The molecule has 2 aromatic carbocycles. The fourth-order valence-corrected chi connectivity index (χ4v) is 2.50. The number of hydrogen-bond acceptors (Lipinski definition) is 3. The third-order valence-corrected chi connectivity index (χ3v) is 3.84. The molecule has 0 aliphatic carbocycles. The van der Waals surface area contributed by atoms with E-state index in [-0.39, 0.29) is 0 Å². The zero-order valence-electron chi connectivity index (χ0n) is 12.3. The van der Waals surface area contributed by atoms with E-state index in [1.807, 2.05) is 37.4 Å². The van der Waals surface area contributed by atoms with Gasteiger partial charge >= 0.3 is 0 Å². The third-order valence-electron chi connectivity index (χ3n) is 3.11. The summed E-state index contributed by atoms with van der Waals surface area (Å²) in [5.74, 6) is 0.0816. The van der Waals surface area contributed by atoms with Gasteiger partial charge in [0.2, 0.25) is 0 Å². The van der Waals surface area contributed by atoms with Crippen molar-refractivity contribution in [1.29, 1.82) is 0 Å². The molecule has 4 heteroatoms. The molecule has 0 aromatic heterocycles. The van der Waals surface area contributed by atoms with E-state index in [1.165, 1.54) is 4.90 Å². The number of ether oxygens (including phenoxy) is 1. The molecular formula is C17H19NO2S. The Labute approximate surface area is 129 Å². The molecule has 0 aliphatic heterocycles. The van der Waals surface area contributed by atoms with Gasteiger partial charge < -0.3 is 10.5 Å². The fraction of sp³-hybridized carbons (Fsp3) is 0.235. The number of primary amides is 1. The van der Waals surface area contributed by atoms with Crippen LogP contribution in [0, 0.1) is 0 Å². The summed E-state index contributed by atoms with van der Waals surface area (Å²) in [6, 6.07) is 13.7. The molecule has 0 saturated heterocycles. The maximum atomic E-state index is 11.6. The van der Waals surface area contributed by atoms with Crippen LogP contribution in [-0.4, -0.2) is 18.8 Å². The number of amides is 1. The first kappa shape index (κ1) is 15.4. The van der Waals surface area contributed by atoms with E-state index in [1.54, 1.807) is 17.8 Å². The molecule has 21 heavy (non-hydrogen) atoms. The first-order chi connectivity index (χ1) is 10.2. The molecule has 0 fully saturated rings. The highest BCUT2D eigenvalue weighted by atomic mass is 32.2. The molecule has 0 heterocycles. The van der Waals surface area contributed by atoms with Crippen molar-refractivity contribution in [2.75, 3.05) is 12.9 Å². The minimum Gasteiger partial charge on any atom is -0.493 e. The molecule has 0 radical (unpaired) electrons. The summed E-state index contributed by atoms with van der Waals surface area (Å²) in [5, 5.41) is 0. The van der Waals surface area contributed by atoms with Gasteiger partial charge in [0.1, 0.15) is 5.75 Å². The molecule has 0 spiro atoms. The lowest BCUT2D eigenvalue weighted by atomic mass is 10.0. The molecule has 110 valence electrons. The van der Waals surface area contributed by atoms with Crippen molar-refractivity contribution < 1.29 is 9.53 Å². The summed E-state index contributed by atoms with van der Waals surface area (Å²) < 4.78 is 5.58. The van der Waals surface area contributed by atoms with Crippen LogP contribution in [0.2, 0.25) is 0 Å². The quantitative estimate of drug-likeness (QED) is 0.822. The SMILES string of the molecule is CCCOc1ccc(-c2cccc(SC)c2)cc1C(N)=O. The third kappa shape index (κ3) is 3.79. The number of carbonyl (C=O) groups excluding carboxylic acids is 1. The highest BCUT2D eigenvalue weighted by Gasteiger charge is 2.11. The van der Waals surface area contributed by atoms with Gasteiger partial charge in [-0.15, -0.1) is 11.8 Å².